The zero-order valence-corrected chi connectivity index (χ0v) is 14.5. The lowest BCUT2D eigenvalue weighted by Gasteiger charge is -2.35. The van der Waals surface area contributed by atoms with Crippen molar-refractivity contribution in [1.29, 1.82) is 0 Å². The molecule has 10 heteroatoms. The van der Waals surface area contributed by atoms with Gasteiger partial charge >= 0.3 is 6.18 Å². The molecular weight excluding hydrogens is 416 g/mol. The molecule has 130 valence electrons. The normalized spacial score (nSPS) is 23.0. The van der Waals surface area contributed by atoms with Gasteiger partial charge in [-0.2, -0.15) is 13.2 Å². The van der Waals surface area contributed by atoms with Crippen LogP contribution in [0.1, 0.15) is 0 Å². The topological polar surface area (TPSA) is 63.3 Å². The minimum atomic E-state index is -4.33. The Labute approximate surface area is 144 Å². The lowest BCUT2D eigenvalue weighted by molar-refractivity contribution is -0.188. The first-order valence-electron chi connectivity index (χ1n) is 6.99. The molecule has 0 radical (unpaired) electrons. The summed E-state index contributed by atoms with van der Waals surface area (Å²) < 4.78 is 49.8. The molecule has 2 heterocycles. The second-order valence-electron chi connectivity index (χ2n) is 5.00. The van der Waals surface area contributed by atoms with E-state index in [0.29, 0.717) is 39.5 Å². The van der Waals surface area contributed by atoms with E-state index in [1.54, 1.807) is 4.90 Å². The molecule has 2 fully saturated rings. The van der Waals surface area contributed by atoms with Gasteiger partial charge in [-0.25, -0.2) is 0 Å². The summed E-state index contributed by atoms with van der Waals surface area (Å²) in [6, 6.07) is -1.61. The predicted octanol–water partition coefficient (Wildman–Crippen LogP) is 0.514. The molecule has 0 spiro atoms. The van der Waals surface area contributed by atoms with Crippen molar-refractivity contribution in [2.75, 3.05) is 59.2 Å². The van der Waals surface area contributed by atoms with Gasteiger partial charge in [-0.15, -0.1) is 24.0 Å². The lowest BCUT2D eigenvalue weighted by atomic mass is 10.2. The summed E-state index contributed by atoms with van der Waals surface area (Å²) in [5, 5.41) is 0. The molecule has 2 rings (SSSR count). The number of nitrogens with two attached hydrogens (primary N) is 1. The fraction of sp³-hybridized carbons (Fsp3) is 0.917. The molecule has 1 atom stereocenters. The molecule has 6 nitrogen and oxygen atoms in total. The molecule has 0 aliphatic carbocycles. The summed E-state index contributed by atoms with van der Waals surface area (Å²) in [5.41, 5.74) is 5.78. The average molecular weight is 438 g/mol. The van der Waals surface area contributed by atoms with Crippen LogP contribution < -0.4 is 5.73 Å². The number of morpholine rings is 2. The Morgan fingerprint density at radius 2 is 1.55 bits per heavy atom. The van der Waals surface area contributed by atoms with Gasteiger partial charge in [0.1, 0.15) is 6.04 Å². The first-order chi connectivity index (χ1) is 9.98. The lowest BCUT2D eigenvalue weighted by Crippen LogP contribution is -2.53. The maximum atomic E-state index is 13.2. The highest BCUT2D eigenvalue weighted by atomic mass is 127. The van der Waals surface area contributed by atoms with E-state index in [0.717, 1.165) is 0 Å². The van der Waals surface area contributed by atoms with E-state index in [9.17, 15) is 13.2 Å². The highest BCUT2D eigenvalue weighted by molar-refractivity contribution is 14.0. The third-order valence-electron chi connectivity index (χ3n) is 3.63. The summed E-state index contributed by atoms with van der Waals surface area (Å²) in [7, 11) is 0. The molecule has 0 bridgehead atoms. The molecule has 0 aromatic carbocycles. The van der Waals surface area contributed by atoms with Gasteiger partial charge in [0.15, 0.2) is 5.96 Å². The number of hydrogen-bond donors (Lipinski definition) is 1. The second kappa shape index (κ2) is 9.08. The van der Waals surface area contributed by atoms with Gasteiger partial charge in [0.2, 0.25) is 0 Å². The maximum absolute atomic E-state index is 13.2. The van der Waals surface area contributed by atoms with Crippen LogP contribution in [0.2, 0.25) is 0 Å². The Kier molecular flexibility index (Phi) is 8.14. The van der Waals surface area contributed by atoms with E-state index in [1.807, 2.05) is 0 Å². The zero-order chi connectivity index (χ0) is 15.3. The van der Waals surface area contributed by atoms with Gasteiger partial charge in [0, 0.05) is 26.2 Å². The molecule has 2 saturated heterocycles. The predicted molar refractivity (Wildman–Crippen MR) is 86.5 cm³/mol. The quantitative estimate of drug-likeness (QED) is 0.396. The van der Waals surface area contributed by atoms with Crippen molar-refractivity contribution >= 4 is 29.9 Å². The van der Waals surface area contributed by atoms with Crippen LogP contribution in [0.4, 0.5) is 13.2 Å². The van der Waals surface area contributed by atoms with Gasteiger partial charge in [-0.05, 0) is 0 Å². The fourth-order valence-corrected chi connectivity index (χ4v) is 2.39. The number of alkyl halides is 3. The van der Waals surface area contributed by atoms with Gasteiger partial charge < -0.3 is 20.1 Å². The SMILES string of the molecule is I.NC(=NCC(N1CCOCC1)C(F)(F)F)N1CCOCC1. The third-order valence-corrected chi connectivity index (χ3v) is 3.63. The highest BCUT2D eigenvalue weighted by Gasteiger charge is 2.43. The first-order valence-corrected chi connectivity index (χ1v) is 6.99. The van der Waals surface area contributed by atoms with Crippen molar-refractivity contribution in [3.05, 3.63) is 0 Å². The summed E-state index contributed by atoms with van der Waals surface area (Å²) in [6.45, 7) is 2.92. The number of hydrogen-bond acceptors (Lipinski definition) is 4. The van der Waals surface area contributed by atoms with Crippen LogP contribution in [-0.2, 0) is 9.47 Å². The molecule has 0 aromatic heterocycles. The van der Waals surface area contributed by atoms with Crippen LogP contribution in [0.25, 0.3) is 0 Å². The molecule has 2 N–H and O–H groups in total. The van der Waals surface area contributed by atoms with Gasteiger partial charge in [-0.1, -0.05) is 0 Å². The van der Waals surface area contributed by atoms with Gasteiger partial charge in [0.25, 0.3) is 0 Å². The van der Waals surface area contributed by atoms with Crippen molar-refractivity contribution in [3.8, 4) is 0 Å². The van der Waals surface area contributed by atoms with Crippen LogP contribution in [0, 0.1) is 0 Å². The molecule has 0 saturated carbocycles. The van der Waals surface area contributed by atoms with Gasteiger partial charge in [-0.3, -0.25) is 9.89 Å². The van der Waals surface area contributed by atoms with Crippen LogP contribution >= 0.6 is 24.0 Å². The van der Waals surface area contributed by atoms with E-state index < -0.39 is 12.2 Å². The van der Waals surface area contributed by atoms with Gasteiger partial charge in [0.05, 0.1) is 33.0 Å². The number of guanidine groups is 1. The average Bonchev–Trinajstić information content (AvgIpc) is 2.48. The molecule has 1 unspecified atom stereocenters. The van der Waals surface area contributed by atoms with Crippen molar-refractivity contribution in [3.63, 3.8) is 0 Å². The van der Waals surface area contributed by atoms with Crippen LogP contribution in [0.3, 0.4) is 0 Å². The Hall–Kier alpha value is -0.330. The summed E-state index contributed by atoms with van der Waals surface area (Å²) in [4.78, 5) is 7.06. The summed E-state index contributed by atoms with van der Waals surface area (Å²) >= 11 is 0. The van der Waals surface area contributed by atoms with E-state index in [1.165, 1.54) is 4.90 Å². The Morgan fingerprint density at radius 1 is 1.05 bits per heavy atom. The Morgan fingerprint density at radius 3 is 2.05 bits per heavy atom. The molecule has 0 aromatic rings. The molecule has 2 aliphatic heterocycles. The molecule has 0 amide bonds. The fourth-order valence-electron chi connectivity index (χ4n) is 2.39. The number of aliphatic imine (C=N–C) groups is 1. The first kappa shape index (κ1) is 19.7. The number of nitrogens with zero attached hydrogens (tertiary/aromatic N) is 3. The van der Waals surface area contributed by atoms with Crippen LogP contribution in [0.5, 0.6) is 0 Å². The van der Waals surface area contributed by atoms with Crippen molar-refractivity contribution in [2.24, 2.45) is 10.7 Å². The Bertz CT molecular complexity index is 359. The minimum Gasteiger partial charge on any atom is -0.379 e. The summed E-state index contributed by atoms with van der Waals surface area (Å²) in [6.07, 6.45) is -4.33. The molecule has 22 heavy (non-hydrogen) atoms. The van der Waals surface area contributed by atoms with E-state index in [4.69, 9.17) is 15.2 Å². The van der Waals surface area contributed by atoms with Crippen LogP contribution in [-0.4, -0.2) is 87.1 Å². The monoisotopic (exact) mass is 438 g/mol. The van der Waals surface area contributed by atoms with Crippen molar-refractivity contribution in [2.45, 2.75) is 12.2 Å². The number of rotatable bonds is 3. The number of ether oxygens (including phenoxy) is 2. The second-order valence-corrected chi connectivity index (χ2v) is 5.00. The molecular formula is C12H22F3IN4O2. The van der Waals surface area contributed by atoms with Crippen LogP contribution in [0.15, 0.2) is 4.99 Å². The third kappa shape index (κ3) is 5.70. The minimum absolute atomic E-state index is 0. The number of halogens is 4. The molecule has 2 aliphatic rings. The maximum Gasteiger partial charge on any atom is 0.405 e. The smallest absolute Gasteiger partial charge is 0.379 e. The standard InChI is InChI=1S/C12H21F3N4O2.HI/c13-12(14,15)10(18-1-5-20-6-2-18)9-17-11(16)19-3-7-21-8-4-19;/h10H,1-9H2,(H2,16,17);1H. The highest BCUT2D eigenvalue weighted by Crippen LogP contribution is 2.25. The largest absolute Gasteiger partial charge is 0.405 e. The van der Waals surface area contributed by atoms with Crippen molar-refractivity contribution in [1.82, 2.24) is 9.80 Å². The summed E-state index contributed by atoms with van der Waals surface area (Å²) in [5.74, 6) is 0.154. The van der Waals surface area contributed by atoms with E-state index >= 15 is 0 Å². The Balaban J connectivity index is 0.00000242. The van der Waals surface area contributed by atoms with Crippen molar-refractivity contribution < 1.29 is 22.6 Å². The van der Waals surface area contributed by atoms with E-state index in [-0.39, 0.29) is 49.6 Å². The van der Waals surface area contributed by atoms with E-state index in [2.05, 4.69) is 4.99 Å². The zero-order valence-electron chi connectivity index (χ0n) is 12.2.